The van der Waals surface area contributed by atoms with Crippen molar-refractivity contribution in [1.82, 2.24) is 5.32 Å². The Morgan fingerprint density at radius 1 is 0.917 bits per heavy atom. The van der Waals surface area contributed by atoms with Crippen molar-refractivity contribution < 1.29 is 4.79 Å². The normalized spacial score (nSPS) is 19.2. The van der Waals surface area contributed by atoms with Crippen LogP contribution in [-0.4, -0.2) is 12.5 Å². The van der Waals surface area contributed by atoms with E-state index in [0.29, 0.717) is 5.92 Å². The minimum absolute atomic E-state index is 0.218. The van der Waals surface area contributed by atoms with Gasteiger partial charge in [0.25, 0.3) is 0 Å². The third kappa shape index (κ3) is 7.07. The summed E-state index contributed by atoms with van der Waals surface area (Å²) in [4.78, 5) is 12.1. The molecule has 1 aromatic carbocycles. The van der Waals surface area contributed by atoms with Gasteiger partial charge in [-0.2, -0.15) is 0 Å². The summed E-state index contributed by atoms with van der Waals surface area (Å²) >= 11 is 0. The van der Waals surface area contributed by atoms with Gasteiger partial charge in [-0.25, -0.2) is 0 Å². The van der Waals surface area contributed by atoms with Crippen molar-refractivity contribution in [2.24, 2.45) is 5.92 Å². The maximum atomic E-state index is 12.1. The zero-order valence-corrected chi connectivity index (χ0v) is 15.4. The maximum absolute atomic E-state index is 12.1. The standard InChI is InChI=1S/C22H35NO/c1-2-3-4-5-6-7-8-9-10-14-17-23-22(24)21-18-20(21)19-15-12-11-13-16-19/h11-13,15-16,20-21H,2-10,14,17-18H2,1H3,(H,23,24). The molecule has 1 aliphatic rings. The summed E-state index contributed by atoms with van der Waals surface area (Å²) in [7, 11) is 0. The molecule has 0 bridgehead atoms. The molecule has 134 valence electrons. The fourth-order valence-corrected chi connectivity index (χ4v) is 3.51. The van der Waals surface area contributed by atoms with Gasteiger partial charge in [-0.05, 0) is 24.3 Å². The van der Waals surface area contributed by atoms with Crippen molar-refractivity contribution in [1.29, 1.82) is 0 Å². The van der Waals surface area contributed by atoms with E-state index in [0.717, 1.165) is 19.4 Å². The molecule has 24 heavy (non-hydrogen) atoms. The number of amides is 1. The van der Waals surface area contributed by atoms with Gasteiger partial charge >= 0.3 is 0 Å². The Labute approximate surface area is 148 Å². The molecule has 2 rings (SSSR count). The second kappa shape index (κ2) is 11.3. The van der Waals surface area contributed by atoms with Crippen molar-refractivity contribution in [3.05, 3.63) is 35.9 Å². The summed E-state index contributed by atoms with van der Waals surface area (Å²) in [6.45, 7) is 3.12. The van der Waals surface area contributed by atoms with Crippen LogP contribution >= 0.6 is 0 Å². The van der Waals surface area contributed by atoms with Gasteiger partial charge in [-0.15, -0.1) is 0 Å². The molecule has 1 fully saturated rings. The Hall–Kier alpha value is -1.31. The van der Waals surface area contributed by atoms with Crippen molar-refractivity contribution in [3.63, 3.8) is 0 Å². The quantitative estimate of drug-likeness (QED) is 0.453. The summed E-state index contributed by atoms with van der Waals surface area (Å²) in [5.74, 6) is 0.939. The molecule has 2 heteroatoms. The van der Waals surface area contributed by atoms with Gasteiger partial charge in [0, 0.05) is 12.5 Å². The van der Waals surface area contributed by atoms with Crippen molar-refractivity contribution in [2.45, 2.75) is 83.5 Å². The van der Waals surface area contributed by atoms with E-state index in [1.807, 2.05) is 6.07 Å². The molecule has 1 amide bonds. The highest BCUT2D eigenvalue weighted by atomic mass is 16.2. The van der Waals surface area contributed by atoms with Gasteiger partial charge in [0.05, 0.1) is 0 Å². The Morgan fingerprint density at radius 2 is 1.50 bits per heavy atom. The fourth-order valence-electron chi connectivity index (χ4n) is 3.51. The van der Waals surface area contributed by atoms with E-state index >= 15 is 0 Å². The van der Waals surface area contributed by atoms with Crippen LogP contribution in [0.5, 0.6) is 0 Å². The minimum Gasteiger partial charge on any atom is -0.356 e. The molecule has 0 heterocycles. The first kappa shape index (κ1) is 19.0. The van der Waals surface area contributed by atoms with E-state index in [2.05, 4.69) is 36.5 Å². The first-order valence-electron chi connectivity index (χ1n) is 10.2. The average Bonchev–Trinajstić information content (AvgIpc) is 3.41. The summed E-state index contributed by atoms with van der Waals surface area (Å²) in [6, 6.07) is 10.4. The van der Waals surface area contributed by atoms with Crippen LogP contribution in [0.2, 0.25) is 0 Å². The lowest BCUT2D eigenvalue weighted by molar-refractivity contribution is -0.122. The van der Waals surface area contributed by atoms with E-state index < -0.39 is 0 Å². The summed E-state index contributed by atoms with van der Waals surface area (Å²) in [5.41, 5.74) is 1.32. The molecular formula is C22H35NO. The summed E-state index contributed by atoms with van der Waals surface area (Å²) in [6.07, 6.45) is 14.4. The van der Waals surface area contributed by atoms with Gasteiger partial charge in [0.2, 0.25) is 5.91 Å². The molecule has 1 N–H and O–H groups in total. The highest BCUT2D eigenvalue weighted by molar-refractivity contribution is 5.82. The van der Waals surface area contributed by atoms with Gasteiger partial charge in [0.1, 0.15) is 0 Å². The lowest BCUT2D eigenvalue weighted by atomic mass is 10.1. The summed E-state index contributed by atoms with van der Waals surface area (Å²) in [5, 5.41) is 3.13. The smallest absolute Gasteiger partial charge is 0.223 e. The topological polar surface area (TPSA) is 29.1 Å². The van der Waals surface area contributed by atoms with Crippen molar-refractivity contribution >= 4 is 5.91 Å². The largest absolute Gasteiger partial charge is 0.356 e. The predicted molar refractivity (Wildman–Crippen MR) is 102 cm³/mol. The molecule has 0 aromatic heterocycles. The lowest BCUT2D eigenvalue weighted by Gasteiger charge is -2.05. The predicted octanol–water partition coefficient (Wildman–Crippen LogP) is 5.83. The molecule has 2 atom stereocenters. The molecule has 2 nitrogen and oxygen atoms in total. The minimum atomic E-state index is 0.218. The SMILES string of the molecule is CCCCCCCCCCCCNC(=O)C1CC1c1ccccc1. The van der Waals surface area contributed by atoms with Crippen LogP contribution in [0.4, 0.5) is 0 Å². The summed E-state index contributed by atoms with van der Waals surface area (Å²) < 4.78 is 0. The monoisotopic (exact) mass is 329 g/mol. The number of benzene rings is 1. The van der Waals surface area contributed by atoms with E-state index in [4.69, 9.17) is 0 Å². The van der Waals surface area contributed by atoms with Crippen LogP contribution in [0.25, 0.3) is 0 Å². The zero-order valence-electron chi connectivity index (χ0n) is 15.4. The molecular weight excluding hydrogens is 294 g/mol. The second-order valence-electron chi connectivity index (χ2n) is 7.33. The lowest BCUT2D eigenvalue weighted by Crippen LogP contribution is -2.26. The molecule has 1 saturated carbocycles. The van der Waals surface area contributed by atoms with Crippen molar-refractivity contribution in [2.75, 3.05) is 6.54 Å². The van der Waals surface area contributed by atoms with E-state index in [-0.39, 0.29) is 11.8 Å². The van der Waals surface area contributed by atoms with Crippen LogP contribution < -0.4 is 5.32 Å². The third-order valence-electron chi connectivity index (χ3n) is 5.18. The van der Waals surface area contributed by atoms with Gasteiger partial charge in [-0.3, -0.25) is 4.79 Å². The zero-order chi connectivity index (χ0) is 17.0. The van der Waals surface area contributed by atoms with Crippen LogP contribution in [0.15, 0.2) is 30.3 Å². The van der Waals surface area contributed by atoms with Crippen LogP contribution in [-0.2, 0) is 4.79 Å². The van der Waals surface area contributed by atoms with Gasteiger partial charge < -0.3 is 5.32 Å². The van der Waals surface area contributed by atoms with Crippen LogP contribution in [0.1, 0.15) is 89.0 Å². The Bertz CT molecular complexity index is 456. The Kier molecular flexibility index (Phi) is 8.94. The molecule has 2 unspecified atom stereocenters. The van der Waals surface area contributed by atoms with E-state index in [1.165, 1.54) is 63.4 Å². The number of hydrogen-bond donors (Lipinski definition) is 1. The number of carbonyl (C=O) groups is 1. The molecule has 0 radical (unpaired) electrons. The first-order chi connectivity index (χ1) is 11.8. The Balaban J connectivity index is 1.41. The number of carbonyl (C=O) groups excluding carboxylic acids is 1. The third-order valence-corrected chi connectivity index (χ3v) is 5.18. The van der Waals surface area contributed by atoms with Gasteiger partial charge in [0.15, 0.2) is 0 Å². The number of rotatable bonds is 13. The second-order valence-corrected chi connectivity index (χ2v) is 7.33. The van der Waals surface area contributed by atoms with Crippen LogP contribution in [0, 0.1) is 5.92 Å². The molecule has 0 aliphatic heterocycles. The fraction of sp³-hybridized carbons (Fsp3) is 0.682. The number of nitrogens with one attached hydrogen (secondary N) is 1. The van der Waals surface area contributed by atoms with Crippen LogP contribution in [0.3, 0.4) is 0 Å². The number of unbranched alkanes of at least 4 members (excludes halogenated alkanes) is 9. The maximum Gasteiger partial charge on any atom is 0.223 e. The van der Waals surface area contributed by atoms with Crippen molar-refractivity contribution in [3.8, 4) is 0 Å². The molecule has 0 spiro atoms. The molecule has 0 saturated heterocycles. The Morgan fingerprint density at radius 3 is 2.12 bits per heavy atom. The average molecular weight is 330 g/mol. The highest BCUT2D eigenvalue weighted by Crippen LogP contribution is 2.47. The first-order valence-corrected chi connectivity index (χ1v) is 10.2. The van der Waals surface area contributed by atoms with E-state index in [9.17, 15) is 4.79 Å². The molecule has 1 aliphatic carbocycles. The highest BCUT2D eigenvalue weighted by Gasteiger charge is 2.43. The molecule has 1 aromatic rings. The number of hydrogen-bond acceptors (Lipinski definition) is 1. The van der Waals surface area contributed by atoms with E-state index in [1.54, 1.807) is 0 Å². The van der Waals surface area contributed by atoms with Gasteiger partial charge in [-0.1, -0.05) is 95.0 Å².